The number of hydrogen-bond donors (Lipinski definition) is 3. The van der Waals surface area contributed by atoms with Gasteiger partial charge < -0.3 is 16.2 Å². The third-order valence-corrected chi connectivity index (χ3v) is 1.94. The van der Waals surface area contributed by atoms with Gasteiger partial charge in [-0.15, -0.1) is 0 Å². The van der Waals surface area contributed by atoms with Crippen LogP contribution in [0, 0.1) is 0 Å². The lowest BCUT2D eigenvalue weighted by Crippen LogP contribution is -2.31. The number of nitrogens with one attached hydrogen (secondary N) is 1. The van der Waals surface area contributed by atoms with Gasteiger partial charge in [-0.25, -0.2) is 9.78 Å². The Hall–Kier alpha value is -1.66. The molecule has 1 aromatic heterocycles. The summed E-state index contributed by atoms with van der Waals surface area (Å²) < 4.78 is 0. The molecule has 0 aliphatic rings. The van der Waals surface area contributed by atoms with Crippen LogP contribution in [0.25, 0.3) is 0 Å². The van der Waals surface area contributed by atoms with Gasteiger partial charge in [0.2, 0.25) is 0 Å². The Balaban J connectivity index is 3.03. The topological polar surface area (TPSA) is 105 Å². The number of nitrogens with two attached hydrogens (primary N) is 1. The predicted molar refractivity (Wildman–Crippen MR) is 57.6 cm³/mol. The molecule has 1 rings (SSSR count). The van der Waals surface area contributed by atoms with E-state index in [9.17, 15) is 9.59 Å². The third-order valence-electron chi connectivity index (χ3n) is 1.73. The van der Waals surface area contributed by atoms with Gasteiger partial charge in [0.15, 0.2) is 0 Å². The summed E-state index contributed by atoms with van der Waals surface area (Å²) >= 11 is 5.59. The fraction of sp³-hybridized carbons (Fsp3) is 0.222. The minimum absolute atomic E-state index is 0.160. The van der Waals surface area contributed by atoms with E-state index in [1.165, 1.54) is 12.3 Å². The number of aromatic nitrogens is 1. The van der Waals surface area contributed by atoms with Crippen molar-refractivity contribution >= 4 is 23.5 Å². The second kappa shape index (κ2) is 5.43. The van der Waals surface area contributed by atoms with E-state index in [2.05, 4.69) is 10.3 Å². The maximum Gasteiger partial charge on any atom is 0.338 e. The number of pyridine rings is 1. The van der Waals surface area contributed by atoms with E-state index in [1.807, 2.05) is 0 Å². The molecule has 7 heteroatoms. The average Bonchev–Trinajstić information content (AvgIpc) is 2.25. The van der Waals surface area contributed by atoms with Gasteiger partial charge in [0.05, 0.1) is 10.6 Å². The number of carbonyl (C=O) groups is 2. The van der Waals surface area contributed by atoms with Crippen molar-refractivity contribution in [2.75, 3.05) is 13.1 Å². The summed E-state index contributed by atoms with van der Waals surface area (Å²) in [6.45, 7) is 0.518. The second-order valence-electron chi connectivity index (χ2n) is 2.90. The maximum absolute atomic E-state index is 11.5. The van der Waals surface area contributed by atoms with Crippen LogP contribution in [0.15, 0.2) is 12.3 Å². The number of carboxylic acids is 1. The van der Waals surface area contributed by atoms with Gasteiger partial charge in [0.1, 0.15) is 5.69 Å². The molecule has 0 aliphatic heterocycles. The molecule has 0 saturated carbocycles. The first-order valence-electron chi connectivity index (χ1n) is 4.43. The predicted octanol–water partition coefficient (Wildman–Crippen LogP) is 0.122. The van der Waals surface area contributed by atoms with Gasteiger partial charge in [-0.2, -0.15) is 0 Å². The van der Waals surface area contributed by atoms with Crippen molar-refractivity contribution in [1.29, 1.82) is 0 Å². The summed E-state index contributed by atoms with van der Waals surface area (Å²) in [7, 11) is 0. The number of carboxylic acid groups (broad SMARTS) is 1. The molecule has 86 valence electrons. The number of aromatic carboxylic acids is 1. The van der Waals surface area contributed by atoms with Crippen LogP contribution in [0.1, 0.15) is 20.8 Å². The Kier molecular flexibility index (Phi) is 4.21. The SMILES string of the molecule is NCCNC(=O)c1ncc(Cl)cc1C(=O)O. The molecule has 0 unspecified atom stereocenters. The monoisotopic (exact) mass is 243 g/mol. The highest BCUT2D eigenvalue weighted by Crippen LogP contribution is 2.13. The summed E-state index contributed by atoms with van der Waals surface area (Å²) in [5.74, 6) is -1.84. The molecule has 16 heavy (non-hydrogen) atoms. The molecule has 0 saturated heterocycles. The van der Waals surface area contributed by atoms with Crippen LogP contribution < -0.4 is 11.1 Å². The molecule has 0 radical (unpaired) electrons. The van der Waals surface area contributed by atoms with E-state index in [4.69, 9.17) is 22.4 Å². The Morgan fingerprint density at radius 1 is 1.56 bits per heavy atom. The number of rotatable bonds is 4. The molecular formula is C9H10ClN3O3. The van der Waals surface area contributed by atoms with Crippen molar-refractivity contribution in [3.05, 3.63) is 28.5 Å². The Labute approximate surface area is 96.4 Å². The zero-order valence-electron chi connectivity index (χ0n) is 8.24. The van der Waals surface area contributed by atoms with Gasteiger partial charge in [0.25, 0.3) is 5.91 Å². The average molecular weight is 244 g/mol. The minimum atomic E-state index is -1.26. The highest BCUT2D eigenvalue weighted by atomic mass is 35.5. The molecule has 0 spiro atoms. The fourth-order valence-electron chi connectivity index (χ4n) is 1.05. The van der Waals surface area contributed by atoms with Gasteiger partial charge in [-0.3, -0.25) is 4.79 Å². The first-order valence-corrected chi connectivity index (χ1v) is 4.81. The summed E-state index contributed by atoms with van der Waals surface area (Å²) in [5.41, 5.74) is 4.79. The smallest absolute Gasteiger partial charge is 0.338 e. The molecule has 0 aliphatic carbocycles. The third kappa shape index (κ3) is 2.91. The van der Waals surface area contributed by atoms with Crippen LogP contribution in [0.2, 0.25) is 5.02 Å². The standard InChI is InChI=1S/C9H10ClN3O3/c10-5-3-6(9(15)16)7(13-4-5)8(14)12-2-1-11/h3-4H,1-2,11H2,(H,12,14)(H,15,16). The molecule has 1 aromatic rings. The largest absolute Gasteiger partial charge is 0.478 e. The van der Waals surface area contributed by atoms with Crippen molar-refractivity contribution in [2.45, 2.75) is 0 Å². The Bertz CT molecular complexity index is 422. The van der Waals surface area contributed by atoms with Crippen LogP contribution in [0.5, 0.6) is 0 Å². The van der Waals surface area contributed by atoms with Crippen molar-refractivity contribution in [3.63, 3.8) is 0 Å². The molecule has 1 amide bonds. The first kappa shape index (κ1) is 12.4. The van der Waals surface area contributed by atoms with Crippen LogP contribution in [-0.2, 0) is 0 Å². The first-order chi connectivity index (χ1) is 7.56. The van der Waals surface area contributed by atoms with Crippen LogP contribution in [0.3, 0.4) is 0 Å². The van der Waals surface area contributed by atoms with Crippen LogP contribution in [-0.4, -0.2) is 35.1 Å². The Morgan fingerprint density at radius 3 is 2.81 bits per heavy atom. The normalized spacial score (nSPS) is 9.88. The number of amides is 1. The summed E-state index contributed by atoms with van der Waals surface area (Å²) in [5, 5.41) is 11.5. The zero-order valence-corrected chi connectivity index (χ0v) is 8.99. The lowest BCUT2D eigenvalue weighted by Gasteiger charge is -2.05. The number of halogens is 1. The summed E-state index contributed by atoms with van der Waals surface area (Å²) in [4.78, 5) is 26.0. The molecule has 0 atom stereocenters. The van der Waals surface area contributed by atoms with E-state index in [-0.39, 0.29) is 29.4 Å². The van der Waals surface area contributed by atoms with Crippen molar-refractivity contribution in [1.82, 2.24) is 10.3 Å². The molecule has 0 aromatic carbocycles. The second-order valence-corrected chi connectivity index (χ2v) is 3.34. The lowest BCUT2D eigenvalue weighted by molar-refractivity contribution is 0.0690. The lowest BCUT2D eigenvalue weighted by atomic mass is 10.2. The highest BCUT2D eigenvalue weighted by Gasteiger charge is 2.18. The van der Waals surface area contributed by atoms with E-state index in [0.717, 1.165) is 0 Å². The van der Waals surface area contributed by atoms with Crippen molar-refractivity contribution < 1.29 is 14.7 Å². The van der Waals surface area contributed by atoms with E-state index >= 15 is 0 Å². The van der Waals surface area contributed by atoms with Gasteiger partial charge in [-0.1, -0.05) is 11.6 Å². The van der Waals surface area contributed by atoms with Crippen LogP contribution >= 0.6 is 11.6 Å². The van der Waals surface area contributed by atoms with Crippen molar-refractivity contribution in [3.8, 4) is 0 Å². The maximum atomic E-state index is 11.5. The number of hydrogen-bond acceptors (Lipinski definition) is 4. The van der Waals surface area contributed by atoms with Crippen LogP contribution in [0.4, 0.5) is 0 Å². The Morgan fingerprint density at radius 2 is 2.25 bits per heavy atom. The highest BCUT2D eigenvalue weighted by molar-refractivity contribution is 6.31. The van der Waals surface area contributed by atoms with E-state index in [1.54, 1.807) is 0 Å². The molecule has 0 bridgehead atoms. The van der Waals surface area contributed by atoms with Gasteiger partial charge >= 0.3 is 5.97 Å². The quantitative estimate of drug-likeness (QED) is 0.697. The van der Waals surface area contributed by atoms with Gasteiger partial charge in [0, 0.05) is 19.3 Å². The van der Waals surface area contributed by atoms with E-state index < -0.39 is 11.9 Å². The molecular weight excluding hydrogens is 234 g/mol. The zero-order chi connectivity index (χ0) is 12.1. The van der Waals surface area contributed by atoms with Crippen molar-refractivity contribution in [2.24, 2.45) is 5.73 Å². The fourth-order valence-corrected chi connectivity index (χ4v) is 1.21. The van der Waals surface area contributed by atoms with E-state index in [0.29, 0.717) is 0 Å². The minimum Gasteiger partial charge on any atom is -0.478 e. The summed E-state index contributed by atoms with van der Waals surface area (Å²) in [6, 6.07) is 1.17. The molecule has 1 heterocycles. The molecule has 0 fully saturated rings. The molecule has 6 nitrogen and oxygen atoms in total. The number of carbonyl (C=O) groups excluding carboxylic acids is 1. The summed E-state index contributed by atoms with van der Waals surface area (Å²) in [6.07, 6.45) is 1.21. The van der Waals surface area contributed by atoms with Gasteiger partial charge in [-0.05, 0) is 6.07 Å². The molecule has 4 N–H and O–H groups in total. The number of nitrogens with zero attached hydrogens (tertiary/aromatic N) is 1.